The van der Waals surface area contributed by atoms with Crippen LogP contribution in [0.5, 0.6) is 0 Å². The summed E-state index contributed by atoms with van der Waals surface area (Å²) in [6.07, 6.45) is 1.45. The first-order chi connectivity index (χ1) is 11.9. The molecule has 0 radical (unpaired) electrons. The van der Waals surface area contributed by atoms with Gasteiger partial charge in [0, 0.05) is 24.1 Å². The monoisotopic (exact) mass is 406 g/mol. The van der Waals surface area contributed by atoms with Crippen molar-refractivity contribution in [2.75, 3.05) is 0 Å². The molecular formula is C16H15BrN4O4. The Hall–Kier alpha value is -2.68. The molecule has 0 bridgehead atoms. The Morgan fingerprint density at radius 1 is 1.24 bits per heavy atom. The summed E-state index contributed by atoms with van der Waals surface area (Å²) in [7, 11) is 3.15. The molecule has 0 aliphatic rings. The maximum Gasteiger partial charge on any atom is 0.333 e. The van der Waals surface area contributed by atoms with Gasteiger partial charge in [-0.2, -0.15) is 0 Å². The van der Waals surface area contributed by atoms with E-state index in [0.717, 1.165) is 14.6 Å². The Kier molecular flexibility index (Phi) is 4.58. The first kappa shape index (κ1) is 17.2. The number of fused-ring (bicyclic) bond motifs is 1. The van der Waals surface area contributed by atoms with Crippen LogP contribution < -0.4 is 11.2 Å². The number of aromatic nitrogens is 4. The molecule has 0 spiro atoms. The number of benzene rings is 1. The Morgan fingerprint density at radius 2 is 1.96 bits per heavy atom. The number of rotatable bonds is 4. The highest BCUT2D eigenvalue weighted by atomic mass is 79.9. The number of ether oxygens (including phenoxy) is 1. The predicted octanol–water partition coefficient (Wildman–Crippen LogP) is 0.940. The van der Waals surface area contributed by atoms with Crippen LogP contribution in [0.3, 0.4) is 0 Å². The third-order valence-electron chi connectivity index (χ3n) is 3.83. The standard InChI is InChI=1S/C16H15BrN4O4/c1-19-9-18-14-13(19)15(23)21(16(24)20(14)2)7-12(22)25-8-10-5-3-4-6-11(10)17/h3-6,9H,7-8H2,1-2H3. The molecule has 0 amide bonds. The number of imidazole rings is 1. The maximum absolute atomic E-state index is 12.5. The Bertz CT molecular complexity index is 1080. The van der Waals surface area contributed by atoms with Gasteiger partial charge in [0.1, 0.15) is 13.2 Å². The van der Waals surface area contributed by atoms with Crippen LogP contribution in [0.4, 0.5) is 0 Å². The fourth-order valence-corrected chi connectivity index (χ4v) is 2.88. The molecular weight excluding hydrogens is 392 g/mol. The second-order valence-corrected chi connectivity index (χ2v) is 6.37. The van der Waals surface area contributed by atoms with Crippen molar-refractivity contribution in [2.45, 2.75) is 13.2 Å². The summed E-state index contributed by atoms with van der Waals surface area (Å²) in [6.45, 7) is -0.416. The van der Waals surface area contributed by atoms with E-state index in [1.807, 2.05) is 24.3 Å². The van der Waals surface area contributed by atoms with Crippen LogP contribution >= 0.6 is 15.9 Å². The fraction of sp³-hybridized carbons (Fsp3) is 0.250. The van der Waals surface area contributed by atoms with Crippen molar-refractivity contribution < 1.29 is 9.53 Å². The zero-order chi connectivity index (χ0) is 18.1. The van der Waals surface area contributed by atoms with Gasteiger partial charge in [-0.05, 0) is 6.07 Å². The smallest absolute Gasteiger partial charge is 0.333 e. The van der Waals surface area contributed by atoms with Gasteiger partial charge in [0.2, 0.25) is 0 Å². The van der Waals surface area contributed by atoms with Crippen molar-refractivity contribution in [3.8, 4) is 0 Å². The molecule has 130 valence electrons. The average molecular weight is 407 g/mol. The topological polar surface area (TPSA) is 88.1 Å². The Morgan fingerprint density at radius 3 is 2.68 bits per heavy atom. The second kappa shape index (κ2) is 6.67. The van der Waals surface area contributed by atoms with Gasteiger partial charge in [-0.1, -0.05) is 34.1 Å². The molecule has 0 saturated heterocycles. The minimum absolute atomic E-state index is 0.0449. The van der Waals surface area contributed by atoms with Crippen LogP contribution in [0.2, 0.25) is 0 Å². The van der Waals surface area contributed by atoms with E-state index < -0.39 is 23.8 Å². The lowest BCUT2D eigenvalue weighted by molar-refractivity contribution is -0.145. The first-order valence-corrected chi connectivity index (χ1v) is 8.19. The third-order valence-corrected chi connectivity index (χ3v) is 4.61. The number of nitrogens with zero attached hydrogens (tertiary/aromatic N) is 4. The second-order valence-electron chi connectivity index (χ2n) is 5.51. The Labute approximate surface area is 150 Å². The van der Waals surface area contributed by atoms with Crippen molar-refractivity contribution in [1.82, 2.24) is 18.7 Å². The zero-order valence-electron chi connectivity index (χ0n) is 13.6. The quantitative estimate of drug-likeness (QED) is 0.601. The van der Waals surface area contributed by atoms with E-state index in [9.17, 15) is 14.4 Å². The average Bonchev–Trinajstić information content (AvgIpc) is 2.98. The zero-order valence-corrected chi connectivity index (χ0v) is 15.2. The van der Waals surface area contributed by atoms with E-state index in [4.69, 9.17) is 4.74 Å². The van der Waals surface area contributed by atoms with Crippen LogP contribution in [0.25, 0.3) is 11.2 Å². The summed E-state index contributed by atoms with van der Waals surface area (Å²) in [5, 5.41) is 0. The lowest BCUT2D eigenvalue weighted by Crippen LogP contribution is -2.41. The summed E-state index contributed by atoms with van der Waals surface area (Å²) in [6, 6.07) is 7.32. The minimum Gasteiger partial charge on any atom is -0.459 e. The van der Waals surface area contributed by atoms with Crippen LogP contribution in [0, 0.1) is 0 Å². The highest BCUT2D eigenvalue weighted by Gasteiger charge is 2.17. The lowest BCUT2D eigenvalue weighted by Gasteiger charge is -2.09. The molecule has 0 unspecified atom stereocenters. The highest BCUT2D eigenvalue weighted by Crippen LogP contribution is 2.16. The largest absolute Gasteiger partial charge is 0.459 e. The van der Waals surface area contributed by atoms with Gasteiger partial charge in [-0.25, -0.2) is 14.3 Å². The number of halogens is 1. The molecule has 3 rings (SSSR count). The summed E-state index contributed by atoms with van der Waals surface area (Å²) < 4.78 is 9.60. The van der Waals surface area contributed by atoms with E-state index in [2.05, 4.69) is 20.9 Å². The molecule has 0 aliphatic heterocycles. The first-order valence-electron chi connectivity index (χ1n) is 7.40. The molecule has 0 atom stereocenters. The molecule has 0 saturated carbocycles. The van der Waals surface area contributed by atoms with E-state index >= 15 is 0 Å². The summed E-state index contributed by atoms with van der Waals surface area (Å²) in [4.78, 5) is 41.0. The molecule has 0 N–H and O–H groups in total. The van der Waals surface area contributed by atoms with Gasteiger partial charge >= 0.3 is 11.7 Å². The number of aryl methyl sites for hydroxylation is 2. The number of carbonyl (C=O) groups excluding carboxylic acids is 1. The minimum atomic E-state index is -0.670. The van der Waals surface area contributed by atoms with Crippen LogP contribution in [-0.2, 0) is 36.8 Å². The molecule has 2 aromatic heterocycles. The lowest BCUT2D eigenvalue weighted by atomic mass is 10.2. The van der Waals surface area contributed by atoms with E-state index in [0.29, 0.717) is 0 Å². The van der Waals surface area contributed by atoms with Crippen LogP contribution in [0.1, 0.15) is 5.56 Å². The van der Waals surface area contributed by atoms with Gasteiger partial charge < -0.3 is 9.30 Å². The van der Waals surface area contributed by atoms with Crippen molar-refractivity contribution in [3.05, 3.63) is 61.5 Å². The number of esters is 1. The molecule has 9 heteroatoms. The maximum atomic E-state index is 12.5. The fourth-order valence-electron chi connectivity index (χ4n) is 2.48. The van der Waals surface area contributed by atoms with Crippen LogP contribution in [-0.4, -0.2) is 24.7 Å². The van der Waals surface area contributed by atoms with Crippen molar-refractivity contribution >= 4 is 33.1 Å². The number of hydrogen-bond acceptors (Lipinski definition) is 5. The molecule has 1 aromatic carbocycles. The van der Waals surface area contributed by atoms with Crippen molar-refractivity contribution in [1.29, 1.82) is 0 Å². The van der Waals surface area contributed by atoms with E-state index in [1.165, 1.54) is 22.5 Å². The van der Waals surface area contributed by atoms with Crippen LogP contribution in [0.15, 0.2) is 44.7 Å². The van der Waals surface area contributed by atoms with Gasteiger partial charge in [0.25, 0.3) is 5.56 Å². The molecule has 0 fully saturated rings. The predicted molar refractivity (Wildman–Crippen MR) is 94.2 cm³/mol. The molecule has 3 aromatic rings. The Balaban J connectivity index is 1.87. The van der Waals surface area contributed by atoms with E-state index in [-0.39, 0.29) is 17.8 Å². The summed E-state index contributed by atoms with van der Waals surface area (Å²) in [5.41, 5.74) is 0.124. The number of hydrogen-bond donors (Lipinski definition) is 0. The van der Waals surface area contributed by atoms with Crippen molar-refractivity contribution in [3.63, 3.8) is 0 Å². The highest BCUT2D eigenvalue weighted by molar-refractivity contribution is 9.10. The normalized spacial score (nSPS) is 11.0. The summed E-state index contributed by atoms with van der Waals surface area (Å²) >= 11 is 3.37. The van der Waals surface area contributed by atoms with E-state index in [1.54, 1.807) is 7.05 Å². The molecule has 8 nitrogen and oxygen atoms in total. The van der Waals surface area contributed by atoms with Gasteiger partial charge in [-0.3, -0.25) is 14.2 Å². The summed E-state index contributed by atoms with van der Waals surface area (Å²) in [5.74, 6) is -0.670. The number of carbonyl (C=O) groups is 1. The third kappa shape index (κ3) is 3.14. The van der Waals surface area contributed by atoms with Gasteiger partial charge in [0.05, 0.1) is 6.33 Å². The van der Waals surface area contributed by atoms with Gasteiger partial charge in [-0.15, -0.1) is 0 Å². The van der Waals surface area contributed by atoms with Gasteiger partial charge in [0.15, 0.2) is 11.2 Å². The SMILES string of the molecule is Cn1cnc2c1c(=O)n(CC(=O)OCc1ccccc1Br)c(=O)n2C. The molecule has 25 heavy (non-hydrogen) atoms. The molecule has 0 aliphatic carbocycles. The van der Waals surface area contributed by atoms with Crippen molar-refractivity contribution in [2.24, 2.45) is 14.1 Å². The molecule has 2 heterocycles.